The Bertz CT molecular complexity index is 102. The lowest BCUT2D eigenvalue weighted by atomic mass is 10.6. The zero-order valence-corrected chi connectivity index (χ0v) is 5.05. The molecule has 0 nitrogen and oxygen atoms in total. The van der Waals surface area contributed by atoms with Crippen LogP contribution in [0.3, 0.4) is 0 Å². The van der Waals surface area contributed by atoms with Crippen LogP contribution in [0.4, 0.5) is 17.6 Å². The van der Waals surface area contributed by atoms with E-state index in [1.807, 2.05) is 15.9 Å². The van der Waals surface area contributed by atoms with Crippen molar-refractivity contribution in [3.63, 3.8) is 0 Å². The van der Waals surface area contributed by atoms with Crippen LogP contribution in [0.2, 0.25) is 0 Å². The predicted octanol–water partition coefficient (Wildman–Crippen LogP) is 2.75. The Hall–Kier alpha value is -0.0600. The van der Waals surface area contributed by atoms with Crippen molar-refractivity contribution in [2.45, 2.75) is 6.18 Å². The number of allylic oxidation sites excluding steroid dienone is 1. The molecule has 0 aromatic heterocycles. The SMILES string of the molecule is F/C=C(/Br)C(F)(F)F. The topological polar surface area (TPSA) is 0 Å². The molecular weight excluding hydrogens is 192 g/mol. The Morgan fingerprint density at radius 3 is 1.75 bits per heavy atom. The maximum atomic E-state index is 11.1. The van der Waals surface area contributed by atoms with Gasteiger partial charge < -0.3 is 0 Å². The van der Waals surface area contributed by atoms with E-state index in [2.05, 4.69) is 0 Å². The first-order valence-electron chi connectivity index (χ1n) is 1.51. The molecule has 0 aromatic carbocycles. The molecule has 0 spiro atoms. The largest absolute Gasteiger partial charge is 0.425 e. The van der Waals surface area contributed by atoms with E-state index in [1.54, 1.807) is 0 Å². The van der Waals surface area contributed by atoms with Gasteiger partial charge in [0.05, 0.1) is 0 Å². The van der Waals surface area contributed by atoms with Crippen LogP contribution in [-0.4, -0.2) is 6.18 Å². The maximum Gasteiger partial charge on any atom is 0.425 e. The fourth-order valence-corrected chi connectivity index (χ4v) is 0.0619. The van der Waals surface area contributed by atoms with Gasteiger partial charge >= 0.3 is 6.18 Å². The molecule has 0 aliphatic rings. The molecule has 0 N–H and O–H groups in total. The van der Waals surface area contributed by atoms with Gasteiger partial charge in [0, 0.05) is 0 Å². The number of halogens is 5. The van der Waals surface area contributed by atoms with Crippen LogP contribution in [0.25, 0.3) is 0 Å². The van der Waals surface area contributed by atoms with E-state index in [-0.39, 0.29) is 0 Å². The lowest BCUT2D eigenvalue weighted by Gasteiger charge is -1.99. The normalized spacial score (nSPS) is 14.4. The van der Waals surface area contributed by atoms with Crippen molar-refractivity contribution in [2.24, 2.45) is 0 Å². The molecule has 0 rings (SSSR count). The molecule has 48 valence electrons. The summed E-state index contributed by atoms with van der Waals surface area (Å²) in [4.78, 5) is 0. The van der Waals surface area contributed by atoms with E-state index in [0.29, 0.717) is 0 Å². The van der Waals surface area contributed by atoms with Crippen molar-refractivity contribution in [2.75, 3.05) is 0 Å². The molecule has 0 radical (unpaired) electrons. The van der Waals surface area contributed by atoms with Gasteiger partial charge in [0.25, 0.3) is 0 Å². The van der Waals surface area contributed by atoms with Crippen LogP contribution < -0.4 is 0 Å². The van der Waals surface area contributed by atoms with Crippen LogP contribution in [0, 0.1) is 0 Å². The molecular formula is C3HBrF4. The molecule has 0 aliphatic heterocycles. The van der Waals surface area contributed by atoms with Gasteiger partial charge in [-0.3, -0.25) is 0 Å². The van der Waals surface area contributed by atoms with E-state index in [9.17, 15) is 17.6 Å². The smallest absolute Gasteiger partial charge is 0.214 e. The van der Waals surface area contributed by atoms with Crippen molar-refractivity contribution < 1.29 is 17.6 Å². The van der Waals surface area contributed by atoms with Crippen molar-refractivity contribution in [3.05, 3.63) is 10.8 Å². The molecule has 0 aromatic rings. The fourth-order valence-electron chi connectivity index (χ4n) is 0.0619. The Morgan fingerprint density at radius 2 is 1.75 bits per heavy atom. The van der Waals surface area contributed by atoms with Crippen molar-refractivity contribution in [1.29, 1.82) is 0 Å². The highest BCUT2D eigenvalue weighted by atomic mass is 79.9. The fraction of sp³-hybridized carbons (Fsp3) is 0.333. The van der Waals surface area contributed by atoms with E-state index in [0.717, 1.165) is 0 Å². The van der Waals surface area contributed by atoms with Gasteiger partial charge in [-0.1, -0.05) is 0 Å². The Morgan fingerprint density at radius 1 is 1.38 bits per heavy atom. The van der Waals surface area contributed by atoms with Crippen LogP contribution >= 0.6 is 15.9 Å². The zero-order valence-electron chi connectivity index (χ0n) is 3.47. The number of rotatable bonds is 0. The quantitative estimate of drug-likeness (QED) is 0.518. The molecule has 0 aliphatic carbocycles. The van der Waals surface area contributed by atoms with E-state index >= 15 is 0 Å². The first-order chi connectivity index (χ1) is 3.48. The third-order valence-corrected chi connectivity index (χ3v) is 0.989. The van der Waals surface area contributed by atoms with Crippen molar-refractivity contribution in [1.82, 2.24) is 0 Å². The highest BCUT2D eigenvalue weighted by Gasteiger charge is 2.31. The van der Waals surface area contributed by atoms with Gasteiger partial charge in [-0.05, 0) is 15.9 Å². The summed E-state index contributed by atoms with van der Waals surface area (Å²) in [6.45, 7) is 0. The minimum Gasteiger partial charge on any atom is -0.214 e. The average molecular weight is 193 g/mol. The highest BCUT2D eigenvalue weighted by Crippen LogP contribution is 2.29. The summed E-state index contributed by atoms with van der Waals surface area (Å²) in [5.41, 5.74) is 0. The van der Waals surface area contributed by atoms with E-state index in [1.165, 1.54) is 0 Å². The molecule has 0 unspecified atom stereocenters. The average Bonchev–Trinajstić information content (AvgIpc) is 1.62. The second-order valence-corrected chi connectivity index (χ2v) is 1.81. The molecule has 0 bridgehead atoms. The van der Waals surface area contributed by atoms with Crippen LogP contribution in [-0.2, 0) is 0 Å². The van der Waals surface area contributed by atoms with Gasteiger partial charge in [0.15, 0.2) is 0 Å². The first kappa shape index (κ1) is 7.94. The minimum atomic E-state index is -4.59. The van der Waals surface area contributed by atoms with Crippen molar-refractivity contribution >= 4 is 15.9 Å². The summed E-state index contributed by atoms with van der Waals surface area (Å²) in [6.07, 6.45) is -5.13. The van der Waals surface area contributed by atoms with Gasteiger partial charge in [-0.25, -0.2) is 4.39 Å². The number of alkyl halides is 3. The van der Waals surface area contributed by atoms with Crippen LogP contribution in [0.1, 0.15) is 0 Å². The zero-order chi connectivity index (χ0) is 6.78. The minimum absolute atomic E-state index is 0.542. The second kappa shape index (κ2) is 2.48. The van der Waals surface area contributed by atoms with Gasteiger partial charge in [0.2, 0.25) is 0 Å². The molecule has 0 atom stereocenters. The molecule has 0 amide bonds. The molecule has 0 heterocycles. The summed E-state index contributed by atoms with van der Waals surface area (Å²) in [5.74, 6) is 0. The molecule has 8 heavy (non-hydrogen) atoms. The lowest BCUT2D eigenvalue weighted by molar-refractivity contribution is -0.0836. The summed E-state index contributed by atoms with van der Waals surface area (Å²) in [6, 6.07) is 0. The third kappa shape index (κ3) is 2.30. The van der Waals surface area contributed by atoms with Crippen LogP contribution in [0.5, 0.6) is 0 Å². The first-order valence-corrected chi connectivity index (χ1v) is 2.31. The van der Waals surface area contributed by atoms with Gasteiger partial charge in [-0.15, -0.1) is 0 Å². The second-order valence-electron chi connectivity index (χ2n) is 0.955. The Labute approximate surface area is 51.3 Å². The molecule has 0 saturated heterocycles. The summed E-state index contributed by atoms with van der Waals surface area (Å²) < 4.78 is 42.8. The summed E-state index contributed by atoms with van der Waals surface area (Å²) in [7, 11) is 0. The van der Waals surface area contributed by atoms with Crippen molar-refractivity contribution in [3.8, 4) is 0 Å². The summed E-state index contributed by atoms with van der Waals surface area (Å²) >= 11 is 1.96. The van der Waals surface area contributed by atoms with E-state index < -0.39 is 17.0 Å². The number of hydrogen-bond acceptors (Lipinski definition) is 0. The summed E-state index contributed by atoms with van der Waals surface area (Å²) in [5, 5.41) is 0. The predicted molar refractivity (Wildman–Crippen MR) is 24.2 cm³/mol. The maximum absolute atomic E-state index is 11.1. The monoisotopic (exact) mass is 192 g/mol. The Balaban J connectivity index is 4.03. The highest BCUT2D eigenvalue weighted by molar-refractivity contribution is 9.11. The third-order valence-electron chi connectivity index (χ3n) is 0.367. The van der Waals surface area contributed by atoms with E-state index in [4.69, 9.17) is 0 Å². The molecule has 0 saturated carbocycles. The Kier molecular flexibility index (Phi) is 2.46. The van der Waals surface area contributed by atoms with Crippen LogP contribution in [0.15, 0.2) is 10.8 Å². The number of hydrogen-bond donors (Lipinski definition) is 0. The molecule has 5 heteroatoms. The molecule has 0 fully saturated rings. The van der Waals surface area contributed by atoms with Gasteiger partial charge in [0.1, 0.15) is 10.8 Å². The standard InChI is InChI=1S/C3HBrF4/c4-2(1-5)3(6,7)8/h1H/b2-1+. The lowest BCUT2D eigenvalue weighted by Crippen LogP contribution is -2.05. The van der Waals surface area contributed by atoms with Gasteiger partial charge in [-0.2, -0.15) is 13.2 Å².